The summed E-state index contributed by atoms with van der Waals surface area (Å²) in [6.07, 6.45) is -28.5. The molecule has 0 saturated carbocycles. The Bertz CT molecular complexity index is 2880. The number of halogens is 6. The van der Waals surface area contributed by atoms with Crippen molar-refractivity contribution in [1.82, 2.24) is 0 Å². The van der Waals surface area contributed by atoms with Crippen molar-refractivity contribution in [3.8, 4) is 11.5 Å². The number of ether oxygens (including phenoxy) is 8. The van der Waals surface area contributed by atoms with Gasteiger partial charge in [0.1, 0.15) is 54.2 Å². The molecule has 2 saturated heterocycles. The van der Waals surface area contributed by atoms with Gasteiger partial charge in [0.15, 0.2) is 33.9 Å². The zero-order valence-electron chi connectivity index (χ0n) is 43.8. The Balaban J connectivity index is 1.54. The predicted octanol–water partition coefficient (Wildman–Crippen LogP) is 9.06. The van der Waals surface area contributed by atoms with E-state index >= 15 is 0 Å². The van der Waals surface area contributed by atoms with E-state index in [-0.39, 0.29) is 17.9 Å². The van der Waals surface area contributed by atoms with Gasteiger partial charge in [-0.25, -0.2) is 21.5 Å². The summed E-state index contributed by atoms with van der Waals surface area (Å²) in [4.78, 5) is 16.9. The number of esters is 1. The Kier molecular flexibility index (Phi) is 21.9. The van der Waals surface area contributed by atoms with Crippen molar-refractivity contribution in [3.05, 3.63) is 142 Å². The second-order valence-electron chi connectivity index (χ2n) is 19.4. The topological polar surface area (TPSA) is 254 Å². The third-order valence-electron chi connectivity index (χ3n) is 12.5. The molecule has 0 spiro atoms. The fraction of sp³-hybridized carbons (Fsp3) is 0.500. The molecule has 2 aliphatic heterocycles. The fourth-order valence-electron chi connectivity index (χ4n) is 7.59. The molecule has 0 amide bonds. The molecule has 4 aromatic carbocycles. The maximum atomic E-state index is 14.0. The minimum absolute atomic E-state index is 0.0242. The molecule has 2 heterocycles. The number of rotatable bonds is 26. The van der Waals surface area contributed by atoms with E-state index in [0.717, 1.165) is 0 Å². The number of methoxy groups -OCH3 is 1. The van der Waals surface area contributed by atoms with Crippen LogP contribution in [-0.4, -0.2) is 138 Å². The Morgan fingerprint density at radius 1 is 0.650 bits per heavy atom. The highest BCUT2D eigenvalue weighted by Crippen LogP contribution is 2.41. The smallest absolute Gasteiger partial charge is 0.413 e. The predicted molar refractivity (Wildman–Crippen MR) is 270 cm³/mol. The van der Waals surface area contributed by atoms with Crippen molar-refractivity contribution in [2.24, 2.45) is 5.11 Å². The summed E-state index contributed by atoms with van der Waals surface area (Å²) >= 11 is 0. The monoisotopic (exact) mass is 1200 g/mol. The van der Waals surface area contributed by atoms with Crippen LogP contribution in [0.2, 0.25) is 18.1 Å². The van der Waals surface area contributed by atoms with Crippen LogP contribution in [-0.2, 0) is 83.6 Å². The van der Waals surface area contributed by atoms with Crippen LogP contribution in [0.15, 0.2) is 120 Å². The van der Waals surface area contributed by atoms with Gasteiger partial charge in [-0.15, -0.1) is 0 Å². The molecule has 0 aromatic heterocycles. The second kappa shape index (κ2) is 27.6. The zero-order valence-corrected chi connectivity index (χ0v) is 46.4. The lowest BCUT2D eigenvalue weighted by atomic mass is 9.95. The SMILES string of the molecule is COc1ccc(O[C@@H]2O[C@H](CO[Si](C)(C)C(C)(C)C)[C@@H](O[C@@H]3O[C@H](COCc4ccccc4)[C@H](OS(=O)(=O)OCC(F)(F)F)[C@H](OC(=O)c4ccccc4)[C@H]3N=[N+]=[N-])[C@H](OCc3ccccc3)[C@H]2OS(=O)(=O)OCC(F)(F)F)cc1. The largest absolute Gasteiger partial charge is 0.497 e. The Hall–Kier alpha value is -5.44. The Morgan fingerprint density at radius 2 is 1.15 bits per heavy atom. The first-order valence-corrected chi connectivity index (χ1v) is 29.9. The fourth-order valence-corrected chi connectivity index (χ4v) is 10.2. The molecular formula is C50H59F6N3O18S2Si. The van der Waals surface area contributed by atoms with E-state index < -0.39 is 147 Å². The van der Waals surface area contributed by atoms with Crippen LogP contribution in [0.3, 0.4) is 0 Å². The summed E-state index contributed by atoms with van der Waals surface area (Å²) in [7, 11) is -13.0. The van der Waals surface area contributed by atoms with Crippen LogP contribution in [0.5, 0.6) is 11.5 Å². The van der Waals surface area contributed by atoms with Crippen molar-refractivity contribution in [2.75, 3.05) is 33.5 Å². The third kappa shape index (κ3) is 19.1. The van der Waals surface area contributed by atoms with E-state index in [9.17, 15) is 53.5 Å². The summed E-state index contributed by atoms with van der Waals surface area (Å²) in [5.41, 5.74) is 11.0. The van der Waals surface area contributed by atoms with Gasteiger partial charge >= 0.3 is 39.1 Å². The maximum Gasteiger partial charge on any atom is 0.413 e. The van der Waals surface area contributed by atoms with Crippen LogP contribution < -0.4 is 9.47 Å². The second-order valence-corrected chi connectivity index (χ2v) is 26.7. The quantitative estimate of drug-likeness (QED) is 0.0142. The van der Waals surface area contributed by atoms with Crippen molar-refractivity contribution in [1.29, 1.82) is 0 Å². The molecule has 6 rings (SSSR count). The van der Waals surface area contributed by atoms with Crippen LogP contribution >= 0.6 is 0 Å². The number of hydrogen-bond donors (Lipinski definition) is 0. The number of azide groups is 1. The lowest BCUT2D eigenvalue weighted by Gasteiger charge is -2.49. The number of nitrogens with zero attached hydrogens (tertiary/aromatic N) is 3. The molecule has 21 nitrogen and oxygen atoms in total. The number of carbonyl (C=O) groups is 1. The lowest BCUT2D eigenvalue weighted by Crippen LogP contribution is -2.67. The number of benzene rings is 4. The van der Waals surface area contributed by atoms with E-state index in [0.29, 0.717) is 16.9 Å². The average molecular weight is 1200 g/mol. The standard InChI is InChI=1S/C50H59F6N3O18S2Si/c1-48(2,3)80(5,6)70-29-38-40(43(67-27-33-18-12-8-13-19-33)44(77-79(63,64)69-31-50(54,55)56)47(73-38)71-36-24-22-35(65-4)23-25-36)75-46-39(58-59-57)42(74-45(60)34-20-14-9-15-21-34)41(76-78(61,62)68-30-49(51,52)53)37(72-46)28-66-26-32-16-10-7-11-17-32/h7-25,37-44,46-47H,26-31H2,1-6H3/t37-,38-,39-,40-,41+,42-,43+,44-,46+,47-/m1/s1. The molecule has 2 aliphatic rings. The molecule has 0 radical (unpaired) electrons. The first kappa shape index (κ1) is 63.7. The summed E-state index contributed by atoms with van der Waals surface area (Å²) in [5, 5.41) is 3.29. The van der Waals surface area contributed by atoms with Gasteiger partial charge in [-0.1, -0.05) is 105 Å². The molecular weight excluding hydrogens is 1140 g/mol. The van der Waals surface area contributed by atoms with Gasteiger partial charge in [-0.05, 0) is 71.2 Å². The average Bonchev–Trinajstić information content (AvgIpc) is 3.40. The van der Waals surface area contributed by atoms with E-state index in [4.69, 9.17) is 50.7 Å². The lowest BCUT2D eigenvalue weighted by molar-refractivity contribution is -0.337. The van der Waals surface area contributed by atoms with E-state index in [1.165, 1.54) is 55.6 Å². The van der Waals surface area contributed by atoms with Crippen LogP contribution in [0.1, 0.15) is 42.3 Å². The maximum absolute atomic E-state index is 14.0. The summed E-state index contributed by atoms with van der Waals surface area (Å²) in [6, 6.07) is 27.1. The Labute approximate surface area is 458 Å². The van der Waals surface area contributed by atoms with E-state index in [1.807, 2.05) is 33.9 Å². The van der Waals surface area contributed by atoms with E-state index in [1.54, 1.807) is 66.7 Å². The van der Waals surface area contributed by atoms with Crippen LogP contribution in [0.25, 0.3) is 10.4 Å². The van der Waals surface area contributed by atoms with Gasteiger partial charge in [0.05, 0.1) is 39.1 Å². The number of hydrogen-bond acceptors (Lipinski definition) is 19. The van der Waals surface area contributed by atoms with Gasteiger partial charge in [0.25, 0.3) is 0 Å². The highest BCUT2D eigenvalue weighted by atomic mass is 32.3. The normalized spacial score (nSPS) is 24.1. The van der Waals surface area contributed by atoms with Crippen LogP contribution in [0.4, 0.5) is 26.3 Å². The van der Waals surface area contributed by atoms with Crippen molar-refractivity contribution in [2.45, 2.75) is 126 Å². The highest BCUT2D eigenvalue weighted by Gasteiger charge is 2.57. The van der Waals surface area contributed by atoms with Gasteiger partial charge < -0.3 is 42.3 Å². The molecule has 440 valence electrons. The van der Waals surface area contributed by atoms with E-state index in [2.05, 4.69) is 18.4 Å². The molecule has 0 N–H and O–H groups in total. The highest BCUT2D eigenvalue weighted by molar-refractivity contribution is 7.82. The molecule has 80 heavy (non-hydrogen) atoms. The van der Waals surface area contributed by atoms with Gasteiger partial charge in [0.2, 0.25) is 6.29 Å². The first-order chi connectivity index (χ1) is 37.6. The minimum Gasteiger partial charge on any atom is -0.497 e. The van der Waals surface area contributed by atoms with Crippen molar-refractivity contribution >= 4 is 35.1 Å². The molecule has 30 heteroatoms. The summed E-state index contributed by atoms with van der Waals surface area (Å²) in [6.45, 7) is 2.91. The van der Waals surface area contributed by atoms with Crippen molar-refractivity contribution in [3.63, 3.8) is 0 Å². The zero-order chi connectivity index (χ0) is 58.5. The summed E-state index contributed by atoms with van der Waals surface area (Å²) < 4.78 is 210. The first-order valence-electron chi connectivity index (χ1n) is 24.3. The van der Waals surface area contributed by atoms with Gasteiger partial charge in [0, 0.05) is 4.91 Å². The Morgan fingerprint density at radius 3 is 1.68 bits per heavy atom. The van der Waals surface area contributed by atoms with Crippen molar-refractivity contribution < 1.29 is 107 Å². The molecule has 0 unspecified atom stereocenters. The van der Waals surface area contributed by atoms with Crippen LogP contribution in [0, 0.1) is 0 Å². The third-order valence-corrected chi connectivity index (χ3v) is 18.8. The minimum atomic E-state index is -5.75. The molecule has 0 bridgehead atoms. The molecule has 4 aromatic rings. The molecule has 2 fully saturated rings. The van der Waals surface area contributed by atoms with Gasteiger partial charge in [-0.2, -0.15) is 43.2 Å². The van der Waals surface area contributed by atoms with Gasteiger partial charge in [-0.3, -0.25) is 0 Å². The summed E-state index contributed by atoms with van der Waals surface area (Å²) in [5.74, 6) is -0.889. The molecule has 0 aliphatic carbocycles. The molecule has 10 atom stereocenters. The number of carbonyl (C=O) groups excluding carboxylic acids is 1. The number of alkyl halides is 6.